The number of hydrogen-bond acceptors (Lipinski definition) is 3. The van der Waals surface area contributed by atoms with E-state index in [9.17, 15) is 4.79 Å². The van der Waals surface area contributed by atoms with Gasteiger partial charge in [-0.15, -0.1) is 0 Å². The summed E-state index contributed by atoms with van der Waals surface area (Å²) in [4.78, 5) is 12.2. The van der Waals surface area contributed by atoms with E-state index >= 15 is 0 Å². The highest BCUT2D eigenvalue weighted by Gasteiger charge is 2.07. The van der Waals surface area contributed by atoms with Gasteiger partial charge >= 0.3 is 0 Å². The van der Waals surface area contributed by atoms with Gasteiger partial charge in [0.1, 0.15) is 0 Å². The minimum absolute atomic E-state index is 0.0199. The van der Waals surface area contributed by atoms with Crippen molar-refractivity contribution in [2.45, 2.75) is 12.8 Å². The van der Waals surface area contributed by atoms with E-state index in [-0.39, 0.29) is 5.91 Å². The Labute approximate surface area is 153 Å². The van der Waals surface area contributed by atoms with Crippen molar-refractivity contribution in [3.8, 4) is 17.2 Å². The molecular weight excluding hydrogens is 328 g/mol. The van der Waals surface area contributed by atoms with E-state index in [0.717, 1.165) is 16.9 Å². The number of methoxy groups -OCH3 is 2. The van der Waals surface area contributed by atoms with Crippen LogP contribution in [0.15, 0.2) is 67.0 Å². The van der Waals surface area contributed by atoms with Gasteiger partial charge < -0.3 is 19.4 Å². The van der Waals surface area contributed by atoms with Crippen molar-refractivity contribution in [3.05, 3.63) is 72.6 Å². The fourth-order valence-electron chi connectivity index (χ4n) is 2.74. The molecule has 0 bridgehead atoms. The molecule has 5 heteroatoms. The molecule has 0 aliphatic heterocycles. The Kier molecular flexibility index (Phi) is 5.59. The van der Waals surface area contributed by atoms with Crippen molar-refractivity contribution in [1.29, 1.82) is 0 Å². The van der Waals surface area contributed by atoms with Crippen LogP contribution in [0.5, 0.6) is 11.5 Å². The average Bonchev–Trinajstić information content (AvgIpc) is 3.21. The Morgan fingerprint density at radius 1 is 0.962 bits per heavy atom. The minimum Gasteiger partial charge on any atom is -0.493 e. The summed E-state index contributed by atoms with van der Waals surface area (Å²) in [6, 6.07) is 17.4. The van der Waals surface area contributed by atoms with Crippen molar-refractivity contribution in [1.82, 2.24) is 4.57 Å². The molecule has 0 aliphatic rings. The van der Waals surface area contributed by atoms with Crippen LogP contribution in [0.1, 0.15) is 12.0 Å². The second-order valence-electron chi connectivity index (χ2n) is 5.87. The van der Waals surface area contributed by atoms with E-state index in [2.05, 4.69) is 5.32 Å². The van der Waals surface area contributed by atoms with Crippen LogP contribution in [0.2, 0.25) is 0 Å². The maximum atomic E-state index is 12.2. The third kappa shape index (κ3) is 4.25. The van der Waals surface area contributed by atoms with Crippen LogP contribution in [0.25, 0.3) is 5.69 Å². The van der Waals surface area contributed by atoms with Crippen molar-refractivity contribution in [2.24, 2.45) is 0 Å². The Hall–Kier alpha value is -3.21. The third-order valence-electron chi connectivity index (χ3n) is 4.14. The predicted molar refractivity (Wildman–Crippen MR) is 102 cm³/mol. The smallest absolute Gasteiger partial charge is 0.224 e. The van der Waals surface area contributed by atoms with Crippen LogP contribution >= 0.6 is 0 Å². The molecule has 26 heavy (non-hydrogen) atoms. The van der Waals surface area contributed by atoms with E-state index in [1.807, 2.05) is 71.6 Å². The molecule has 0 unspecified atom stereocenters. The SMILES string of the molecule is COc1ccc(CCC(=O)Nc2ccc(-n3cccc3)cc2)cc1OC. The molecule has 1 aromatic heterocycles. The number of anilines is 1. The van der Waals surface area contributed by atoms with E-state index in [1.54, 1.807) is 14.2 Å². The van der Waals surface area contributed by atoms with Gasteiger partial charge in [0, 0.05) is 30.2 Å². The molecule has 3 aromatic rings. The number of carbonyl (C=O) groups excluding carboxylic acids is 1. The summed E-state index contributed by atoms with van der Waals surface area (Å²) in [5, 5.41) is 2.93. The second kappa shape index (κ2) is 8.25. The number of hydrogen-bond donors (Lipinski definition) is 1. The van der Waals surface area contributed by atoms with Crippen molar-refractivity contribution in [2.75, 3.05) is 19.5 Å². The van der Waals surface area contributed by atoms with Gasteiger partial charge in [0.2, 0.25) is 5.91 Å². The summed E-state index contributed by atoms with van der Waals surface area (Å²) in [6.45, 7) is 0. The second-order valence-corrected chi connectivity index (χ2v) is 5.87. The van der Waals surface area contributed by atoms with Crippen LogP contribution in [0.3, 0.4) is 0 Å². The lowest BCUT2D eigenvalue weighted by Gasteiger charge is -2.10. The molecule has 0 radical (unpaired) electrons. The zero-order valence-electron chi connectivity index (χ0n) is 14.9. The predicted octanol–water partition coefficient (Wildman–Crippen LogP) is 4.07. The first-order chi connectivity index (χ1) is 12.7. The van der Waals surface area contributed by atoms with Crippen molar-refractivity contribution >= 4 is 11.6 Å². The van der Waals surface area contributed by atoms with Crippen molar-refractivity contribution < 1.29 is 14.3 Å². The first kappa shape index (κ1) is 17.6. The van der Waals surface area contributed by atoms with Crippen LogP contribution in [0.4, 0.5) is 5.69 Å². The Balaban J connectivity index is 1.56. The molecular formula is C21H22N2O3. The normalized spacial score (nSPS) is 10.4. The van der Waals surface area contributed by atoms with Crippen LogP contribution in [-0.4, -0.2) is 24.7 Å². The number of aryl methyl sites for hydroxylation is 1. The van der Waals surface area contributed by atoms with Crippen LogP contribution in [-0.2, 0) is 11.2 Å². The molecule has 5 nitrogen and oxygen atoms in total. The van der Waals surface area contributed by atoms with Gasteiger partial charge in [-0.05, 0) is 60.5 Å². The number of carbonyl (C=O) groups is 1. The average molecular weight is 350 g/mol. The molecule has 2 aromatic carbocycles. The lowest BCUT2D eigenvalue weighted by molar-refractivity contribution is -0.116. The number of nitrogens with one attached hydrogen (secondary N) is 1. The number of nitrogens with zero attached hydrogens (tertiary/aromatic N) is 1. The maximum Gasteiger partial charge on any atom is 0.224 e. The minimum atomic E-state index is -0.0199. The highest BCUT2D eigenvalue weighted by atomic mass is 16.5. The van der Waals surface area contributed by atoms with Gasteiger partial charge in [0.25, 0.3) is 0 Å². The van der Waals surface area contributed by atoms with Gasteiger partial charge in [0.05, 0.1) is 14.2 Å². The molecule has 0 saturated carbocycles. The van der Waals surface area contributed by atoms with Crippen LogP contribution in [0, 0.1) is 0 Å². The molecule has 1 heterocycles. The molecule has 0 aliphatic carbocycles. The molecule has 1 amide bonds. The Morgan fingerprint density at radius 3 is 2.31 bits per heavy atom. The van der Waals surface area contributed by atoms with Crippen LogP contribution < -0.4 is 14.8 Å². The molecule has 0 spiro atoms. The van der Waals surface area contributed by atoms with E-state index in [0.29, 0.717) is 24.3 Å². The fraction of sp³-hybridized carbons (Fsp3) is 0.190. The number of aromatic nitrogens is 1. The molecule has 134 valence electrons. The summed E-state index contributed by atoms with van der Waals surface area (Å²) < 4.78 is 12.5. The van der Waals surface area contributed by atoms with Crippen molar-refractivity contribution in [3.63, 3.8) is 0 Å². The standard InChI is InChI=1S/C21H22N2O3/c1-25-19-11-5-16(15-20(19)26-2)6-12-21(24)22-17-7-9-18(10-8-17)23-13-3-4-14-23/h3-5,7-11,13-15H,6,12H2,1-2H3,(H,22,24). The lowest BCUT2D eigenvalue weighted by Crippen LogP contribution is -2.12. The molecule has 0 atom stereocenters. The van der Waals surface area contributed by atoms with E-state index in [1.165, 1.54) is 0 Å². The molecule has 1 N–H and O–H groups in total. The zero-order valence-corrected chi connectivity index (χ0v) is 14.9. The largest absolute Gasteiger partial charge is 0.493 e. The summed E-state index contributed by atoms with van der Waals surface area (Å²) in [5.41, 5.74) is 2.87. The maximum absolute atomic E-state index is 12.2. The van der Waals surface area contributed by atoms with Gasteiger partial charge in [-0.1, -0.05) is 6.07 Å². The Bertz CT molecular complexity index is 855. The third-order valence-corrected chi connectivity index (χ3v) is 4.14. The topological polar surface area (TPSA) is 52.5 Å². The van der Waals surface area contributed by atoms with Gasteiger partial charge in [-0.3, -0.25) is 4.79 Å². The first-order valence-corrected chi connectivity index (χ1v) is 8.44. The number of benzene rings is 2. The summed E-state index contributed by atoms with van der Waals surface area (Å²) >= 11 is 0. The number of ether oxygens (including phenoxy) is 2. The molecule has 0 saturated heterocycles. The molecule has 3 rings (SSSR count). The quantitative estimate of drug-likeness (QED) is 0.699. The highest BCUT2D eigenvalue weighted by Crippen LogP contribution is 2.28. The van der Waals surface area contributed by atoms with E-state index < -0.39 is 0 Å². The van der Waals surface area contributed by atoms with Gasteiger partial charge in [-0.2, -0.15) is 0 Å². The zero-order chi connectivity index (χ0) is 18.4. The number of amides is 1. The Morgan fingerprint density at radius 2 is 1.65 bits per heavy atom. The molecule has 0 fully saturated rings. The monoisotopic (exact) mass is 350 g/mol. The summed E-state index contributed by atoms with van der Waals surface area (Å²) in [6.07, 6.45) is 5.00. The lowest BCUT2D eigenvalue weighted by atomic mass is 10.1. The highest BCUT2D eigenvalue weighted by molar-refractivity contribution is 5.90. The number of rotatable bonds is 7. The van der Waals surface area contributed by atoms with Gasteiger partial charge in [-0.25, -0.2) is 0 Å². The first-order valence-electron chi connectivity index (χ1n) is 8.44. The summed E-state index contributed by atoms with van der Waals surface area (Å²) in [5.74, 6) is 1.34. The van der Waals surface area contributed by atoms with Gasteiger partial charge in [0.15, 0.2) is 11.5 Å². The van der Waals surface area contributed by atoms with E-state index in [4.69, 9.17) is 9.47 Å². The summed E-state index contributed by atoms with van der Waals surface area (Å²) in [7, 11) is 3.21. The fourth-order valence-corrected chi connectivity index (χ4v) is 2.74.